The summed E-state index contributed by atoms with van der Waals surface area (Å²) in [6.45, 7) is 9.94. The molecule has 0 aliphatic heterocycles. The average Bonchev–Trinajstić information content (AvgIpc) is 2.25. The van der Waals surface area contributed by atoms with Gasteiger partial charge in [0.25, 0.3) is 0 Å². The van der Waals surface area contributed by atoms with E-state index in [0.717, 1.165) is 13.1 Å². The number of allylic oxidation sites excluding steroid dienone is 2. The van der Waals surface area contributed by atoms with Crippen LogP contribution in [-0.4, -0.2) is 37.6 Å². The molecule has 1 atom stereocenters. The van der Waals surface area contributed by atoms with Crippen LogP contribution in [0.4, 0.5) is 0 Å². The topological polar surface area (TPSA) is 15.3 Å². The Morgan fingerprint density at radius 2 is 2.00 bits per heavy atom. The van der Waals surface area contributed by atoms with Crippen molar-refractivity contribution in [2.45, 2.75) is 33.2 Å². The summed E-state index contributed by atoms with van der Waals surface area (Å²) < 4.78 is 0. The number of likely N-dealkylation sites (N-methyl/N-ethyl adjacent to an activating group) is 2. The molecule has 1 unspecified atom stereocenters. The molecular weight excluding hydrogens is 184 g/mol. The van der Waals surface area contributed by atoms with Gasteiger partial charge in [-0.3, -0.25) is 4.90 Å². The van der Waals surface area contributed by atoms with Crippen LogP contribution in [0.3, 0.4) is 0 Å². The van der Waals surface area contributed by atoms with Crippen molar-refractivity contribution in [2.24, 2.45) is 0 Å². The lowest BCUT2D eigenvalue weighted by Gasteiger charge is -2.24. The van der Waals surface area contributed by atoms with Crippen molar-refractivity contribution in [1.82, 2.24) is 10.2 Å². The third-order valence-electron chi connectivity index (χ3n) is 2.45. The number of rotatable bonds is 8. The normalized spacial score (nSPS) is 14.5. The Bertz CT molecular complexity index is 185. The van der Waals surface area contributed by atoms with Gasteiger partial charge in [0, 0.05) is 12.6 Å². The molecule has 0 aromatic carbocycles. The largest absolute Gasteiger partial charge is 0.316 e. The first-order valence-corrected chi connectivity index (χ1v) is 5.98. The minimum atomic E-state index is 0.536. The number of nitrogens with one attached hydrogen (secondary N) is 1. The number of hydrogen-bond acceptors (Lipinski definition) is 2. The molecule has 0 amide bonds. The minimum Gasteiger partial charge on any atom is -0.316 e. The summed E-state index contributed by atoms with van der Waals surface area (Å²) in [5.41, 5.74) is 0. The first kappa shape index (κ1) is 14.4. The lowest BCUT2D eigenvalue weighted by atomic mass is 10.2. The molecule has 0 fully saturated rings. The summed E-state index contributed by atoms with van der Waals surface area (Å²) in [5, 5.41) is 3.08. The van der Waals surface area contributed by atoms with Gasteiger partial charge < -0.3 is 5.32 Å². The minimum absolute atomic E-state index is 0.536. The van der Waals surface area contributed by atoms with Crippen molar-refractivity contribution in [2.75, 3.05) is 26.7 Å². The highest BCUT2D eigenvalue weighted by atomic mass is 15.1. The van der Waals surface area contributed by atoms with E-state index in [2.05, 4.69) is 55.3 Å². The highest BCUT2D eigenvalue weighted by molar-refractivity contribution is 5.06. The molecular formula is C13H26N2. The van der Waals surface area contributed by atoms with Crippen LogP contribution >= 0.6 is 0 Å². The standard InChI is InChI=1S/C13H26N2/c1-5-12-15(6-2)13(3)10-8-7-9-11-14-4/h7-10,13-14H,5-6,11-12H2,1-4H3/b9-7-,10-8-. The second-order valence-corrected chi connectivity index (χ2v) is 3.74. The SMILES string of the molecule is CCCN(CC)C(C)/C=C\C=C/CNC. The summed E-state index contributed by atoms with van der Waals surface area (Å²) in [6, 6.07) is 0.536. The number of hydrogen-bond donors (Lipinski definition) is 1. The third-order valence-corrected chi connectivity index (χ3v) is 2.45. The monoisotopic (exact) mass is 210 g/mol. The van der Waals surface area contributed by atoms with Crippen molar-refractivity contribution in [3.05, 3.63) is 24.3 Å². The van der Waals surface area contributed by atoms with Gasteiger partial charge in [-0.05, 0) is 33.5 Å². The highest BCUT2D eigenvalue weighted by Gasteiger charge is 2.05. The molecule has 0 aliphatic rings. The van der Waals surface area contributed by atoms with Gasteiger partial charge in [-0.1, -0.05) is 38.2 Å². The molecule has 0 saturated heterocycles. The van der Waals surface area contributed by atoms with E-state index in [1.54, 1.807) is 0 Å². The lowest BCUT2D eigenvalue weighted by molar-refractivity contribution is 0.254. The zero-order chi connectivity index (χ0) is 11.5. The molecule has 0 rings (SSSR count). The Kier molecular flexibility index (Phi) is 9.54. The van der Waals surface area contributed by atoms with Gasteiger partial charge >= 0.3 is 0 Å². The van der Waals surface area contributed by atoms with Gasteiger partial charge in [0.1, 0.15) is 0 Å². The molecule has 0 spiro atoms. The van der Waals surface area contributed by atoms with Crippen LogP contribution in [0.25, 0.3) is 0 Å². The maximum atomic E-state index is 3.08. The van der Waals surface area contributed by atoms with Crippen LogP contribution in [0.15, 0.2) is 24.3 Å². The molecule has 0 radical (unpaired) electrons. The fourth-order valence-corrected chi connectivity index (χ4v) is 1.55. The van der Waals surface area contributed by atoms with Crippen molar-refractivity contribution < 1.29 is 0 Å². The van der Waals surface area contributed by atoms with Crippen LogP contribution in [0.2, 0.25) is 0 Å². The predicted molar refractivity (Wildman–Crippen MR) is 69.2 cm³/mol. The second kappa shape index (κ2) is 9.94. The van der Waals surface area contributed by atoms with Crippen LogP contribution < -0.4 is 5.32 Å². The van der Waals surface area contributed by atoms with Crippen molar-refractivity contribution in [3.63, 3.8) is 0 Å². The zero-order valence-electron chi connectivity index (χ0n) is 10.7. The van der Waals surface area contributed by atoms with E-state index < -0.39 is 0 Å². The first-order valence-electron chi connectivity index (χ1n) is 5.98. The molecule has 15 heavy (non-hydrogen) atoms. The van der Waals surface area contributed by atoms with Crippen molar-refractivity contribution in [1.29, 1.82) is 0 Å². The highest BCUT2D eigenvalue weighted by Crippen LogP contribution is 2.01. The molecule has 2 nitrogen and oxygen atoms in total. The van der Waals surface area contributed by atoms with Gasteiger partial charge in [-0.25, -0.2) is 0 Å². The first-order chi connectivity index (χ1) is 7.26. The van der Waals surface area contributed by atoms with E-state index >= 15 is 0 Å². The zero-order valence-corrected chi connectivity index (χ0v) is 10.7. The van der Waals surface area contributed by atoms with E-state index in [4.69, 9.17) is 0 Å². The second-order valence-electron chi connectivity index (χ2n) is 3.74. The number of nitrogens with zero attached hydrogens (tertiary/aromatic N) is 1. The fourth-order valence-electron chi connectivity index (χ4n) is 1.55. The van der Waals surface area contributed by atoms with Crippen LogP contribution in [0.5, 0.6) is 0 Å². The summed E-state index contributed by atoms with van der Waals surface area (Å²) in [6.07, 6.45) is 9.85. The van der Waals surface area contributed by atoms with Crippen molar-refractivity contribution >= 4 is 0 Å². The molecule has 88 valence electrons. The smallest absolute Gasteiger partial charge is 0.0252 e. The Morgan fingerprint density at radius 3 is 2.53 bits per heavy atom. The van der Waals surface area contributed by atoms with Gasteiger partial charge in [-0.15, -0.1) is 0 Å². The van der Waals surface area contributed by atoms with E-state index in [1.165, 1.54) is 13.0 Å². The van der Waals surface area contributed by atoms with Gasteiger partial charge in [0.05, 0.1) is 0 Å². The quantitative estimate of drug-likeness (QED) is 0.619. The third kappa shape index (κ3) is 7.34. The van der Waals surface area contributed by atoms with Crippen LogP contribution in [-0.2, 0) is 0 Å². The van der Waals surface area contributed by atoms with E-state index in [0.29, 0.717) is 6.04 Å². The molecule has 0 aromatic heterocycles. The van der Waals surface area contributed by atoms with E-state index in [1.807, 2.05) is 7.05 Å². The fraction of sp³-hybridized carbons (Fsp3) is 0.692. The molecule has 2 heteroatoms. The summed E-state index contributed by atoms with van der Waals surface area (Å²) in [7, 11) is 1.96. The maximum absolute atomic E-state index is 3.08. The predicted octanol–water partition coefficient (Wildman–Crippen LogP) is 2.44. The summed E-state index contributed by atoms with van der Waals surface area (Å²) >= 11 is 0. The van der Waals surface area contributed by atoms with Gasteiger partial charge in [0.15, 0.2) is 0 Å². The molecule has 0 aromatic rings. The summed E-state index contributed by atoms with van der Waals surface area (Å²) in [4.78, 5) is 2.47. The van der Waals surface area contributed by atoms with Gasteiger partial charge in [0.2, 0.25) is 0 Å². The maximum Gasteiger partial charge on any atom is 0.0252 e. The Labute approximate surface area is 95.0 Å². The van der Waals surface area contributed by atoms with Crippen LogP contribution in [0.1, 0.15) is 27.2 Å². The van der Waals surface area contributed by atoms with E-state index in [-0.39, 0.29) is 0 Å². The molecule has 0 bridgehead atoms. The Balaban J connectivity index is 3.91. The molecule has 1 N–H and O–H groups in total. The molecule has 0 heterocycles. The molecule has 0 aliphatic carbocycles. The Hall–Kier alpha value is -0.600. The van der Waals surface area contributed by atoms with Gasteiger partial charge in [-0.2, -0.15) is 0 Å². The van der Waals surface area contributed by atoms with Crippen molar-refractivity contribution in [3.8, 4) is 0 Å². The average molecular weight is 210 g/mol. The lowest BCUT2D eigenvalue weighted by Crippen LogP contribution is -2.32. The van der Waals surface area contributed by atoms with E-state index in [9.17, 15) is 0 Å². The Morgan fingerprint density at radius 1 is 1.27 bits per heavy atom. The molecule has 0 saturated carbocycles. The van der Waals surface area contributed by atoms with Crippen LogP contribution in [0, 0.1) is 0 Å². The summed E-state index contributed by atoms with van der Waals surface area (Å²) in [5.74, 6) is 0.